The van der Waals surface area contributed by atoms with Gasteiger partial charge in [0.25, 0.3) is 0 Å². The Balaban J connectivity index is 2.06. The van der Waals surface area contributed by atoms with E-state index in [0.717, 1.165) is 30.2 Å². The molecule has 2 aromatic carbocycles. The summed E-state index contributed by atoms with van der Waals surface area (Å²) < 4.78 is 11.1. The van der Waals surface area contributed by atoms with Crippen LogP contribution in [0.1, 0.15) is 41.1 Å². The zero-order valence-corrected chi connectivity index (χ0v) is 17.1. The lowest BCUT2D eigenvalue weighted by atomic mass is 9.88. The Bertz CT molecular complexity index is 840. The van der Waals surface area contributed by atoms with E-state index in [1.807, 2.05) is 12.1 Å². The van der Waals surface area contributed by atoms with Crippen molar-refractivity contribution in [1.82, 2.24) is 4.90 Å². The van der Waals surface area contributed by atoms with Gasteiger partial charge in [-0.1, -0.05) is 23.8 Å². The van der Waals surface area contributed by atoms with Crippen molar-refractivity contribution in [1.29, 1.82) is 0 Å². The number of rotatable bonds is 6. The lowest BCUT2D eigenvalue weighted by Gasteiger charge is -2.38. The summed E-state index contributed by atoms with van der Waals surface area (Å²) in [5, 5.41) is 9.37. The van der Waals surface area contributed by atoms with E-state index in [1.54, 1.807) is 14.2 Å². The van der Waals surface area contributed by atoms with Crippen LogP contribution >= 0.6 is 0 Å². The normalized spacial score (nSPS) is 16.6. The highest BCUT2D eigenvalue weighted by Crippen LogP contribution is 2.40. The molecule has 1 atom stereocenters. The van der Waals surface area contributed by atoms with E-state index >= 15 is 0 Å². The minimum absolute atomic E-state index is 0.00972. The Morgan fingerprint density at radius 1 is 1.04 bits per heavy atom. The highest BCUT2D eigenvalue weighted by molar-refractivity contribution is 5.70. The summed E-state index contributed by atoms with van der Waals surface area (Å²) in [5.74, 6) is 0.591. The highest BCUT2D eigenvalue weighted by atomic mass is 16.5. The summed E-state index contributed by atoms with van der Waals surface area (Å²) in [6.07, 6.45) is 1.32. The Morgan fingerprint density at radius 3 is 2.36 bits per heavy atom. The molecule has 1 unspecified atom stereocenters. The standard InChI is InChI=1S/C23H29NO4/c1-15-5-6-16(2)20(13-15)22(24-11-9-17(10-12-24)23(25)26)19-8-7-18(27-3)14-21(19)28-4/h5-8,13-14,17,22H,9-12H2,1-4H3,(H,25,26). The molecule has 1 aliphatic rings. The first-order chi connectivity index (χ1) is 13.4. The average Bonchev–Trinajstić information content (AvgIpc) is 2.71. The van der Waals surface area contributed by atoms with Crippen LogP contribution in [0, 0.1) is 19.8 Å². The fraction of sp³-hybridized carbons (Fsp3) is 0.435. The molecule has 150 valence electrons. The van der Waals surface area contributed by atoms with Gasteiger partial charge < -0.3 is 14.6 Å². The lowest BCUT2D eigenvalue weighted by Crippen LogP contribution is -2.39. The second-order valence-corrected chi connectivity index (χ2v) is 7.52. The van der Waals surface area contributed by atoms with Gasteiger partial charge in [-0.25, -0.2) is 0 Å². The zero-order chi connectivity index (χ0) is 20.3. The number of ether oxygens (including phenoxy) is 2. The first-order valence-corrected chi connectivity index (χ1v) is 9.70. The molecule has 1 fully saturated rings. The SMILES string of the molecule is COc1ccc(C(c2cc(C)ccc2C)N2CCC(C(=O)O)CC2)c(OC)c1. The fourth-order valence-electron chi connectivity index (χ4n) is 4.06. The van der Waals surface area contributed by atoms with Crippen LogP contribution in [0.3, 0.4) is 0 Å². The van der Waals surface area contributed by atoms with E-state index in [-0.39, 0.29) is 12.0 Å². The Hall–Kier alpha value is -2.53. The van der Waals surface area contributed by atoms with Crippen LogP contribution in [0.4, 0.5) is 0 Å². The van der Waals surface area contributed by atoms with Crippen molar-refractivity contribution in [3.63, 3.8) is 0 Å². The molecule has 5 nitrogen and oxygen atoms in total. The maximum Gasteiger partial charge on any atom is 0.306 e. The molecule has 5 heteroatoms. The van der Waals surface area contributed by atoms with Crippen molar-refractivity contribution in [2.75, 3.05) is 27.3 Å². The number of hydrogen-bond donors (Lipinski definition) is 1. The third-order valence-electron chi connectivity index (χ3n) is 5.71. The number of aryl methyl sites for hydroxylation is 2. The van der Waals surface area contributed by atoms with Crippen LogP contribution in [0.5, 0.6) is 11.5 Å². The number of aliphatic carboxylic acids is 1. The summed E-state index contributed by atoms with van der Waals surface area (Å²) in [5.41, 5.74) is 4.73. The van der Waals surface area contributed by atoms with Crippen LogP contribution in [-0.4, -0.2) is 43.3 Å². The molecule has 1 N–H and O–H groups in total. The van der Waals surface area contributed by atoms with E-state index in [0.29, 0.717) is 12.8 Å². The molecule has 0 saturated carbocycles. The van der Waals surface area contributed by atoms with Gasteiger partial charge in [0.05, 0.1) is 26.2 Å². The molecule has 0 aromatic heterocycles. The summed E-state index contributed by atoms with van der Waals surface area (Å²) in [4.78, 5) is 13.8. The topological polar surface area (TPSA) is 59.0 Å². The third kappa shape index (κ3) is 4.14. The van der Waals surface area contributed by atoms with Crippen molar-refractivity contribution >= 4 is 5.97 Å². The number of hydrogen-bond acceptors (Lipinski definition) is 4. The number of likely N-dealkylation sites (tertiary alicyclic amines) is 1. The maximum absolute atomic E-state index is 11.4. The van der Waals surface area contributed by atoms with Crippen LogP contribution < -0.4 is 9.47 Å². The highest BCUT2D eigenvalue weighted by Gasteiger charge is 2.32. The van der Waals surface area contributed by atoms with Crippen molar-refractivity contribution in [3.8, 4) is 11.5 Å². The molecule has 3 rings (SSSR count). The van der Waals surface area contributed by atoms with E-state index in [9.17, 15) is 9.90 Å². The molecule has 0 spiro atoms. The third-order valence-corrected chi connectivity index (χ3v) is 5.71. The van der Waals surface area contributed by atoms with E-state index < -0.39 is 5.97 Å². The minimum atomic E-state index is -0.690. The van der Waals surface area contributed by atoms with Gasteiger partial charge in [-0.15, -0.1) is 0 Å². The summed E-state index contributed by atoms with van der Waals surface area (Å²) in [7, 11) is 3.32. The Kier molecular flexibility index (Phi) is 6.25. The second-order valence-electron chi connectivity index (χ2n) is 7.52. The van der Waals surface area contributed by atoms with Crippen LogP contribution in [-0.2, 0) is 4.79 Å². The molecule has 1 aliphatic heterocycles. The molecular formula is C23H29NO4. The second kappa shape index (κ2) is 8.65. The molecule has 0 amide bonds. The summed E-state index contributed by atoms with van der Waals surface area (Å²) in [6.45, 7) is 5.71. The number of carboxylic acid groups (broad SMARTS) is 1. The molecular weight excluding hydrogens is 354 g/mol. The van der Waals surface area contributed by atoms with Crippen LogP contribution in [0.15, 0.2) is 36.4 Å². The first-order valence-electron chi connectivity index (χ1n) is 9.70. The van der Waals surface area contributed by atoms with Gasteiger partial charge in [-0.3, -0.25) is 9.69 Å². The van der Waals surface area contributed by atoms with Crippen molar-refractivity contribution < 1.29 is 19.4 Å². The predicted octanol–water partition coefficient (Wildman–Crippen LogP) is 4.21. The average molecular weight is 383 g/mol. The summed E-state index contributed by atoms with van der Waals surface area (Å²) >= 11 is 0. The monoisotopic (exact) mass is 383 g/mol. The summed E-state index contributed by atoms with van der Waals surface area (Å²) in [6, 6.07) is 12.4. The Morgan fingerprint density at radius 2 is 1.75 bits per heavy atom. The van der Waals surface area contributed by atoms with Gasteiger partial charge >= 0.3 is 5.97 Å². The predicted molar refractivity (Wildman–Crippen MR) is 109 cm³/mol. The van der Waals surface area contributed by atoms with Crippen molar-refractivity contribution in [2.45, 2.75) is 32.7 Å². The number of nitrogens with zero attached hydrogens (tertiary/aromatic N) is 1. The first kappa shape index (κ1) is 20.2. The number of carboxylic acids is 1. The van der Waals surface area contributed by atoms with Gasteiger partial charge in [0, 0.05) is 11.6 Å². The lowest BCUT2D eigenvalue weighted by molar-refractivity contribution is -0.143. The van der Waals surface area contributed by atoms with Gasteiger partial charge in [0.2, 0.25) is 0 Å². The fourth-order valence-corrected chi connectivity index (χ4v) is 4.06. The number of piperidine rings is 1. The van der Waals surface area contributed by atoms with Crippen molar-refractivity contribution in [3.05, 3.63) is 58.7 Å². The van der Waals surface area contributed by atoms with Gasteiger partial charge in [0.1, 0.15) is 11.5 Å². The molecule has 0 aliphatic carbocycles. The van der Waals surface area contributed by atoms with E-state index in [2.05, 4.69) is 43.0 Å². The number of methoxy groups -OCH3 is 2. The molecule has 0 bridgehead atoms. The molecule has 28 heavy (non-hydrogen) atoms. The number of carbonyl (C=O) groups is 1. The van der Waals surface area contributed by atoms with Gasteiger partial charge in [-0.2, -0.15) is 0 Å². The van der Waals surface area contributed by atoms with E-state index in [1.165, 1.54) is 16.7 Å². The molecule has 1 heterocycles. The molecule has 1 saturated heterocycles. The number of benzene rings is 2. The van der Waals surface area contributed by atoms with Crippen molar-refractivity contribution in [2.24, 2.45) is 5.92 Å². The van der Waals surface area contributed by atoms with Gasteiger partial charge in [0.15, 0.2) is 0 Å². The Labute approximate surface area is 166 Å². The smallest absolute Gasteiger partial charge is 0.306 e. The molecule has 0 radical (unpaired) electrons. The van der Waals surface area contributed by atoms with Gasteiger partial charge in [-0.05, 0) is 63.0 Å². The van der Waals surface area contributed by atoms with Crippen LogP contribution in [0.2, 0.25) is 0 Å². The van der Waals surface area contributed by atoms with E-state index in [4.69, 9.17) is 9.47 Å². The molecule has 2 aromatic rings. The quantitative estimate of drug-likeness (QED) is 0.810. The maximum atomic E-state index is 11.4. The zero-order valence-electron chi connectivity index (χ0n) is 17.1. The minimum Gasteiger partial charge on any atom is -0.497 e. The van der Waals surface area contributed by atoms with Crippen LogP contribution in [0.25, 0.3) is 0 Å². The largest absolute Gasteiger partial charge is 0.497 e.